The van der Waals surface area contributed by atoms with E-state index in [1.54, 1.807) is 0 Å². The minimum Gasteiger partial charge on any atom is -0.310 e. The van der Waals surface area contributed by atoms with Crippen LogP contribution in [0.4, 0.5) is 0 Å². The molecule has 2 rings (SSSR count). The van der Waals surface area contributed by atoms with E-state index in [9.17, 15) is 4.79 Å². The Kier molecular flexibility index (Phi) is 2.55. The van der Waals surface area contributed by atoms with Crippen molar-refractivity contribution in [2.45, 2.75) is 39.2 Å². The highest BCUT2D eigenvalue weighted by Gasteiger charge is 2.33. The second kappa shape index (κ2) is 3.60. The average Bonchev–Trinajstić information content (AvgIpc) is 2.63. The van der Waals surface area contributed by atoms with E-state index in [-0.39, 0.29) is 17.2 Å². The van der Waals surface area contributed by atoms with Gasteiger partial charge >= 0.3 is 0 Å². The van der Waals surface area contributed by atoms with Gasteiger partial charge in [0.25, 0.3) is 0 Å². The van der Waals surface area contributed by atoms with Crippen LogP contribution in [0.25, 0.3) is 0 Å². The standard InChI is InChI=1S/C13H19NO/c1-9-7-13(2,3)8-10(12(9)15)11-5-4-6-14-11/h8,11,14H,1,4-7H2,2-3H3. The molecule has 0 spiro atoms. The Balaban J connectivity index is 2.30. The lowest BCUT2D eigenvalue weighted by Gasteiger charge is -2.30. The Labute approximate surface area is 91.4 Å². The Hall–Kier alpha value is -0.890. The monoisotopic (exact) mass is 205 g/mol. The van der Waals surface area contributed by atoms with E-state index in [1.807, 2.05) is 0 Å². The maximum absolute atomic E-state index is 12.0. The van der Waals surface area contributed by atoms with Gasteiger partial charge in [-0.25, -0.2) is 0 Å². The fourth-order valence-corrected chi connectivity index (χ4v) is 2.58. The van der Waals surface area contributed by atoms with Gasteiger partial charge in [0.2, 0.25) is 0 Å². The van der Waals surface area contributed by atoms with Crippen LogP contribution < -0.4 is 5.32 Å². The van der Waals surface area contributed by atoms with Crippen LogP contribution in [-0.2, 0) is 4.79 Å². The number of hydrogen-bond donors (Lipinski definition) is 1. The Morgan fingerprint density at radius 1 is 1.53 bits per heavy atom. The van der Waals surface area contributed by atoms with Gasteiger partial charge in [-0.1, -0.05) is 26.5 Å². The average molecular weight is 205 g/mol. The second-order valence-corrected chi connectivity index (χ2v) is 5.35. The van der Waals surface area contributed by atoms with Gasteiger partial charge in [-0.3, -0.25) is 4.79 Å². The first-order chi connectivity index (χ1) is 6.99. The minimum absolute atomic E-state index is 0.0879. The summed E-state index contributed by atoms with van der Waals surface area (Å²) < 4.78 is 0. The summed E-state index contributed by atoms with van der Waals surface area (Å²) in [4.78, 5) is 12.0. The van der Waals surface area contributed by atoms with Crippen molar-refractivity contribution in [1.29, 1.82) is 0 Å². The van der Waals surface area contributed by atoms with E-state index in [1.165, 1.54) is 6.42 Å². The molecule has 0 aromatic heterocycles. The van der Waals surface area contributed by atoms with Gasteiger partial charge in [-0.05, 0) is 36.8 Å². The summed E-state index contributed by atoms with van der Waals surface area (Å²) in [6, 6.07) is 0.272. The van der Waals surface area contributed by atoms with Gasteiger partial charge < -0.3 is 5.32 Å². The summed E-state index contributed by atoms with van der Waals surface area (Å²) in [5.41, 5.74) is 1.81. The molecule has 15 heavy (non-hydrogen) atoms. The lowest BCUT2D eigenvalue weighted by atomic mass is 9.75. The Morgan fingerprint density at radius 2 is 2.27 bits per heavy atom. The van der Waals surface area contributed by atoms with Gasteiger partial charge in [0.05, 0.1) is 0 Å². The first-order valence-electron chi connectivity index (χ1n) is 5.68. The quantitative estimate of drug-likeness (QED) is 0.665. The summed E-state index contributed by atoms with van der Waals surface area (Å²) in [6.45, 7) is 9.26. The Morgan fingerprint density at radius 3 is 2.87 bits per heavy atom. The highest BCUT2D eigenvalue weighted by atomic mass is 16.1. The molecule has 0 radical (unpaired) electrons. The van der Waals surface area contributed by atoms with E-state index in [4.69, 9.17) is 0 Å². The summed E-state index contributed by atoms with van der Waals surface area (Å²) in [7, 11) is 0. The zero-order valence-electron chi connectivity index (χ0n) is 9.60. The SMILES string of the molecule is C=C1CC(C)(C)C=C(C2CCCN2)C1=O. The molecular formula is C13H19NO. The van der Waals surface area contributed by atoms with E-state index in [2.05, 4.69) is 31.8 Å². The third-order valence-electron chi connectivity index (χ3n) is 3.23. The summed E-state index contributed by atoms with van der Waals surface area (Å²) in [6.07, 6.45) is 5.19. The molecule has 0 bridgehead atoms. The number of Topliss-reactive ketones (excluding diaryl/α,β-unsaturated/α-hetero) is 1. The maximum atomic E-state index is 12.0. The highest BCUT2D eigenvalue weighted by molar-refractivity contribution is 6.09. The number of ketones is 1. The van der Waals surface area contributed by atoms with Crippen molar-refractivity contribution in [3.8, 4) is 0 Å². The number of carbonyl (C=O) groups is 1. The molecule has 1 heterocycles. The zero-order valence-corrected chi connectivity index (χ0v) is 9.60. The van der Waals surface area contributed by atoms with Crippen LogP contribution in [0.2, 0.25) is 0 Å². The minimum atomic E-state index is 0.0879. The number of nitrogens with one attached hydrogen (secondary N) is 1. The van der Waals surface area contributed by atoms with Gasteiger partial charge in [-0.2, -0.15) is 0 Å². The molecule has 2 heteroatoms. The predicted octanol–water partition coefficient (Wildman–Crippen LogP) is 2.22. The molecule has 1 N–H and O–H groups in total. The van der Waals surface area contributed by atoms with Gasteiger partial charge in [0.15, 0.2) is 5.78 Å². The lowest BCUT2D eigenvalue weighted by Crippen LogP contribution is -2.33. The molecule has 82 valence electrons. The highest BCUT2D eigenvalue weighted by Crippen LogP contribution is 2.36. The van der Waals surface area contributed by atoms with E-state index < -0.39 is 0 Å². The molecular weight excluding hydrogens is 186 g/mol. The lowest BCUT2D eigenvalue weighted by molar-refractivity contribution is -0.113. The van der Waals surface area contributed by atoms with E-state index in [0.717, 1.165) is 30.5 Å². The normalized spacial score (nSPS) is 30.5. The number of allylic oxidation sites excluding steroid dienone is 2. The predicted molar refractivity (Wildman–Crippen MR) is 61.7 cm³/mol. The summed E-state index contributed by atoms with van der Waals surface area (Å²) >= 11 is 0. The molecule has 1 aliphatic carbocycles. The van der Waals surface area contributed by atoms with Crippen LogP contribution in [0.3, 0.4) is 0 Å². The molecule has 2 aliphatic rings. The molecule has 0 aromatic carbocycles. The van der Waals surface area contributed by atoms with E-state index >= 15 is 0 Å². The molecule has 0 aromatic rings. The molecule has 1 aliphatic heterocycles. The molecule has 0 saturated carbocycles. The van der Waals surface area contributed by atoms with E-state index in [0.29, 0.717) is 0 Å². The van der Waals surface area contributed by atoms with Crippen molar-refractivity contribution in [3.63, 3.8) is 0 Å². The molecule has 1 unspecified atom stereocenters. The molecule has 0 amide bonds. The number of carbonyl (C=O) groups excluding carboxylic acids is 1. The number of hydrogen-bond acceptors (Lipinski definition) is 2. The first kappa shape index (κ1) is 10.6. The number of rotatable bonds is 1. The van der Waals surface area contributed by atoms with Gasteiger partial charge in [-0.15, -0.1) is 0 Å². The molecule has 1 saturated heterocycles. The largest absolute Gasteiger partial charge is 0.310 e. The third-order valence-corrected chi connectivity index (χ3v) is 3.23. The topological polar surface area (TPSA) is 29.1 Å². The van der Waals surface area contributed by atoms with Gasteiger partial charge in [0, 0.05) is 11.6 Å². The van der Waals surface area contributed by atoms with Crippen molar-refractivity contribution < 1.29 is 4.79 Å². The van der Waals surface area contributed by atoms with Crippen molar-refractivity contribution in [3.05, 3.63) is 23.8 Å². The van der Waals surface area contributed by atoms with Crippen LogP contribution in [0.5, 0.6) is 0 Å². The van der Waals surface area contributed by atoms with Crippen LogP contribution in [0.1, 0.15) is 33.1 Å². The maximum Gasteiger partial charge on any atom is 0.185 e. The van der Waals surface area contributed by atoms with Crippen LogP contribution in [0.15, 0.2) is 23.8 Å². The van der Waals surface area contributed by atoms with Gasteiger partial charge in [0.1, 0.15) is 0 Å². The van der Waals surface area contributed by atoms with Crippen molar-refractivity contribution in [2.24, 2.45) is 5.41 Å². The summed E-state index contributed by atoms with van der Waals surface area (Å²) in [5, 5.41) is 3.38. The van der Waals surface area contributed by atoms with Crippen molar-refractivity contribution >= 4 is 5.78 Å². The van der Waals surface area contributed by atoms with Crippen LogP contribution in [0, 0.1) is 5.41 Å². The third kappa shape index (κ3) is 2.05. The smallest absolute Gasteiger partial charge is 0.185 e. The fraction of sp³-hybridized carbons (Fsp3) is 0.615. The molecule has 1 fully saturated rings. The molecule has 2 nitrogen and oxygen atoms in total. The summed E-state index contributed by atoms with van der Waals surface area (Å²) in [5.74, 6) is 0.175. The molecule has 1 atom stereocenters. The van der Waals surface area contributed by atoms with Crippen LogP contribution in [-0.4, -0.2) is 18.4 Å². The second-order valence-electron chi connectivity index (χ2n) is 5.35. The first-order valence-corrected chi connectivity index (χ1v) is 5.68. The Bertz CT molecular complexity index is 332. The zero-order chi connectivity index (χ0) is 11.1. The van der Waals surface area contributed by atoms with Crippen molar-refractivity contribution in [2.75, 3.05) is 6.54 Å². The van der Waals surface area contributed by atoms with Crippen molar-refractivity contribution in [1.82, 2.24) is 5.32 Å². The van der Waals surface area contributed by atoms with Crippen LogP contribution >= 0.6 is 0 Å². The fourth-order valence-electron chi connectivity index (χ4n) is 2.58.